The van der Waals surface area contributed by atoms with Crippen molar-refractivity contribution in [2.45, 2.75) is 32.3 Å². The van der Waals surface area contributed by atoms with Crippen molar-refractivity contribution in [2.24, 2.45) is 0 Å². The number of morpholine rings is 1. The number of aromatic nitrogens is 4. The summed E-state index contributed by atoms with van der Waals surface area (Å²) in [4.78, 5) is 8.15. The fourth-order valence-electron chi connectivity index (χ4n) is 2.70. The zero-order chi connectivity index (χ0) is 19.3. The lowest BCUT2D eigenvalue weighted by atomic mass is 9.90. The first kappa shape index (κ1) is 18.9. The van der Waals surface area contributed by atoms with Crippen LogP contribution in [0, 0.1) is 11.3 Å². The number of nitrogens with zero attached hydrogens (tertiary/aromatic N) is 5. The molecule has 1 aliphatic rings. The highest BCUT2D eigenvalue weighted by Gasteiger charge is 2.22. The van der Waals surface area contributed by atoms with Gasteiger partial charge in [-0.25, -0.2) is 9.97 Å². The monoisotopic (exact) mass is 368 g/mol. The minimum atomic E-state index is -0.159. The molecule has 1 atom stereocenters. The van der Waals surface area contributed by atoms with E-state index in [-0.39, 0.29) is 17.2 Å². The zero-order valence-electron chi connectivity index (χ0n) is 15.8. The van der Waals surface area contributed by atoms with Gasteiger partial charge in [0.2, 0.25) is 0 Å². The van der Waals surface area contributed by atoms with Crippen LogP contribution in [0.1, 0.15) is 32.2 Å². The summed E-state index contributed by atoms with van der Waals surface area (Å²) in [6.45, 7) is 9.40. The molecule has 3 N–H and O–H groups in total. The first-order valence-electron chi connectivity index (χ1n) is 8.89. The van der Waals surface area contributed by atoms with Crippen LogP contribution < -0.4 is 16.0 Å². The van der Waals surface area contributed by atoms with Crippen molar-refractivity contribution in [1.82, 2.24) is 25.5 Å². The van der Waals surface area contributed by atoms with E-state index in [1.165, 1.54) is 12.4 Å². The Morgan fingerprint density at radius 1 is 1.26 bits per heavy atom. The zero-order valence-corrected chi connectivity index (χ0v) is 15.8. The van der Waals surface area contributed by atoms with E-state index in [1.54, 1.807) is 0 Å². The highest BCUT2D eigenvalue weighted by molar-refractivity contribution is 5.60. The molecule has 2 aromatic heterocycles. The van der Waals surface area contributed by atoms with Crippen molar-refractivity contribution in [3.63, 3.8) is 0 Å². The summed E-state index contributed by atoms with van der Waals surface area (Å²) < 4.78 is 5.75. The Bertz CT molecular complexity index is 804. The minimum Gasteiger partial charge on any atom is -0.381 e. The Labute approximate surface area is 158 Å². The second-order valence-corrected chi connectivity index (χ2v) is 7.34. The average molecular weight is 368 g/mol. The van der Waals surface area contributed by atoms with Crippen molar-refractivity contribution in [3.05, 3.63) is 29.8 Å². The van der Waals surface area contributed by atoms with E-state index in [1.807, 2.05) is 12.1 Å². The lowest BCUT2D eigenvalue weighted by Crippen LogP contribution is -2.42. The van der Waals surface area contributed by atoms with Crippen LogP contribution in [0.3, 0.4) is 0 Å². The molecule has 1 saturated heterocycles. The van der Waals surface area contributed by atoms with E-state index in [9.17, 15) is 0 Å². The first-order chi connectivity index (χ1) is 13.0. The van der Waals surface area contributed by atoms with Gasteiger partial charge in [-0.05, 0) is 0 Å². The molecule has 142 valence electrons. The van der Waals surface area contributed by atoms with Crippen LogP contribution >= 0.6 is 0 Å². The van der Waals surface area contributed by atoms with Crippen molar-refractivity contribution >= 4 is 17.3 Å². The number of hydrogen-bond acceptors (Lipinski definition) is 9. The Kier molecular flexibility index (Phi) is 5.78. The van der Waals surface area contributed by atoms with Crippen LogP contribution in [-0.2, 0) is 10.2 Å². The maximum Gasteiger partial charge on any atom is 0.158 e. The third kappa shape index (κ3) is 5.09. The molecule has 0 unspecified atom stereocenters. The summed E-state index contributed by atoms with van der Waals surface area (Å²) >= 11 is 0. The summed E-state index contributed by atoms with van der Waals surface area (Å²) in [7, 11) is 0. The quantitative estimate of drug-likeness (QED) is 0.722. The summed E-state index contributed by atoms with van der Waals surface area (Å²) in [6.07, 6.45) is 3.01. The molecule has 27 heavy (non-hydrogen) atoms. The third-order valence-corrected chi connectivity index (χ3v) is 4.05. The standard InChI is InChI=1S/C18H24N8O/c1-18(2,3)17-14(22-10-13-9-20-4-5-27-13)6-15(25-26-17)24-16-11-21-12(7-19)8-23-16/h6,8,11,13,20H,4-5,9-10H2,1-3H3,(H2,22,23,24,25)/t13-/m0/s1. The molecule has 0 saturated carbocycles. The fourth-order valence-corrected chi connectivity index (χ4v) is 2.70. The normalized spacial score (nSPS) is 17.2. The van der Waals surface area contributed by atoms with Crippen LogP contribution in [0.2, 0.25) is 0 Å². The van der Waals surface area contributed by atoms with E-state index in [0.717, 1.165) is 31.1 Å². The highest BCUT2D eigenvalue weighted by Crippen LogP contribution is 2.29. The molecule has 0 aliphatic carbocycles. The molecule has 0 aromatic carbocycles. The fraction of sp³-hybridized carbons (Fsp3) is 0.500. The summed E-state index contributed by atoms with van der Waals surface area (Å²) in [5.41, 5.74) is 1.88. The number of hydrogen-bond donors (Lipinski definition) is 3. The molecule has 3 heterocycles. The Balaban J connectivity index is 1.77. The third-order valence-electron chi connectivity index (χ3n) is 4.05. The second-order valence-electron chi connectivity index (χ2n) is 7.34. The van der Waals surface area contributed by atoms with Crippen molar-refractivity contribution in [3.8, 4) is 6.07 Å². The van der Waals surface area contributed by atoms with E-state index < -0.39 is 0 Å². The van der Waals surface area contributed by atoms with Crippen molar-refractivity contribution in [2.75, 3.05) is 36.9 Å². The summed E-state index contributed by atoms with van der Waals surface area (Å²) in [5, 5.41) is 27.3. The Hall–Kier alpha value is -2.83. The summed E-state index contributed by atoms with van der Waals surface area (Å²) in [6, 6.07) is 3.85. The number of nitrogens with one attached hydrogen (secondary N) is 3. The predicted molar refractivity (Wildman–Crippen MR) is 102 cm³/mol. The van der Waals surface area contributed by atoms with Gasteiger partial charge in [0.15, 0.2) is 11.5 Å². The van der Waals surface area contributed by atoms with Crippen LogP contribution in [0.5, 0.6) is 0 Å². The van der Waals surface area contributed by atoms with Gasteiger partial charge < -0.3 is 20.7 Å². The smallest absolute Gasteiger partial charge is 0.158 e. The van der Waals surface area contributed by atoms with Gasteiger partial charge in [-0.2, -0.15) is 10.4 Å². The second kappa shape index (κ2) is 8.24. The SMILES string of the molecule is CC(C)(C)c1nnc(Nc2cnc(C#N)cn2)cc1NC[C@@H]1CNCCO1. The maximum absolute atomic E-state index is 8.81. The van der Waals surface area contributed by atoms with Crippen LogP contribution in [-0.4, -0.2) is 52.5 Å². The minimum absolute atomic E-state index is 0.112. The molecule has 1 aliphatic heterocycles. The van der Waals surface area contributed by atoms with Gasteiger partial charge in [-0.1, -0.05) is 20.8 Å². The van der Waals surface area contributed by atoms with Gasteiger partial charge in [0.05, 0.1) is 36.5 Å². The lowest BCUT2D eigenvalue weighted by Gasteiger charge is -2.26. The van der Waals surface area contributed by atoms with Gasteiger partial charge >= 0.3 is 0 Å². The topological polar surface area (TPSA) is 121 Å². The molecule has 3 rings (SSSR count). The molecular weight excluding hydrogens is 344 g/mol. The molecule has 1 fully saturated rings. The molecule has 0 spiro atoms. The van der Waals surface area contributed by atoms with Gasteiger partial charge in [0.25, 0.3) is 0 Å². The van der Waals surface area contributed by atoms with E-state index >= 15 is 0 Å². The number of rotatable bonds is 5. The van der Waals surface area contributed by atoms with Gasteiger partial charge in [0.1, 0.15) is 11.9 Å². The van der Waals surface area contributed by atoms with E-state index in [0.29, 0.717) is 18.2 Å². The van der Waals surface area contributed by atoms with E-state index in [4.69, 9.17) is 10.00 Å². The lowest BCUT2D eigenvalue weighted by molar-refractivity contribution is 0.0372. The van der Waals surface area contributed by atoms with Crippen LogP contribution in [0.15, 0.2) is 18.5 Å². The molecule has 0 amide bonds. The summed E-state index contributed by atoms with van der Waals surface area (Å²) in [5.74, 6) is 1.05. The predicted octanol–water partition coefficient (Wildman–Crippen LogP) is 1.58. The number of ether oxygens (including phenoxy) is 1. The number of nitriles is 1. The van der Waals surface area contributed by atoms with E-state index in [2.05, 4.69) is 56.9 Å². The molecule has 9 nitrogen and oxygen atoms in total. The average Bonchev–Trinajstić information content (AvgIpc) is 2.67. The van der Waals surface area contributed by atoms with Crippen LogP contribution in [0.4, 0.5) is 17.3 Å². The van der Waals surface area contributed by atoms with Gasteiger partial charge in [-0.3, -0.25) is 0 Å². The maximum atomic E-state index is 8.81. The van der Waals surface area contributed by atoms with Crippen molar-refractivity contribution < 1.29 is 4.74 Å². The van der Waals surface area contributed by atoms with Gasteiger partial charge in [-0.15, -0.1) is 5.10 Å². The Morgan fingerprint density at radius 3 is 2.74 bits per heavy atom. The molecular formula is C18H24N8O. The first-order valence-corrected chi connectivity index (χ1v) is 8.89. The molecule has 9 heteroatoms. The molecule has 0 radical (unpaired) electrons. The van der Waals surface area contributed by atoms with Gasteiger partial charge in [0, 0.05) is 31.1 Å². The highest BCUT2D eigenvalue weighted by atomic mass is 16.5. The molecule has 0 bridgehead atoms. The van der Waals surface area contributed by atoms with Crippen LogP contribution in [0.25, 0.3) is 0 Å². The van der Waals surface area contributed by atoms with Crippen molar-refractivity contribution in [1.29, 1.82) is 5.26 Å². The Morgan fingerprint density at radius 2 is 2.11 bits per heavy atom. The largest absolute Gasteiger partial charge is 0.381 e. The number of anilines is 3. The molecule has 2 aromatic rings.